The van der Waals surface area contributed by atoms with Crippen molar-refractivity contribution in [3.05, 3.63) is 59.3 Å². The first kappa shape index (κ1) is 15.6. The molecule has 3 heterocycles. The third-order valence-corrected chi connectivity index (χ3v) is 4.94. The maximum atomic E-state index is 12.4. The quantitative estimate of drug-likeness (QED) is 0.754. The van der Waals surface area contributed by atoms with E-state index in [2.05, 4.69) is 15.6 Å². The van der Waals surface area contributed by atoms with E-state index in [4.69, 9.17) is 4.42 Å². The molecule has 1 atom stereocenters. The van der Waals surface area contributed by atoms with E-state index in [1.807, 2.05) is 24.3 Å². The van der Waals surface area contributed by atoms with E-state index in [0.29, 0.717) is 29.4 Å². The van der Waals surface area contributed by atoms with Crippen molar-refractivity contribution in [3.8, 4) is 10.8 Å². The van der Waals surface area contributed by atoms with Gasteiger partial charge in [-0.2, -0.15) is 0 Å². The second-order valence-corrected chi connectivity index (χ2v) is 6.62. The highest BCUT2D eigenvalue weighted by Gasteiger charge is 2.25. The highest BCUT2D eigenvalue weighted by atomic mass is 32.1. The van der Waals surface area contributed by atoms with Crippen LogP contribution in [0.4, 0.5) is 5.69 Å². The Labute approximate surface area is 147 Å². The van der Waals surface area contributed by atoms with E-state index in [1.165, 1.54) is 11.3 Å². The van der Waals surface area contributed by atoms with E-state index >= 15 is 0 Å². The smallest absolute Gasteiger partial charge is 0.270 e. The number of rotatable bonds is 4. The van der Waals surface area contributed by atoms with Crippen LogP contribution in [0.2, 0.25) is 0 Å². The molecule has 0 unspecified atom stereocenters. The molecule has 2 amide bonds. The Morgan fingerprint density at radius 1 is 1.32 bits per heavy atom. The van der Waals surface area contributed by atoms with E-state index < -0.39 is 0 Å². The van der Waals surface area contributed by atoms with Crippen molar-refractivity contribution in [1.82, 2.24) is 10.3 Å². The van der Waals surface area contributed by atoms with Gasteiger partial charge in [0.25, 0.3) is 5.91 Å². The Kier molecular flexibility index (Phi) is 4.07. The number of carbonyl (C=O) groups is 2. The van der Waals surface area contributed by atoms with Crippen LogP contribution in [0.1, 0.15) is 28.4 Å². The third kappa shape index (κ3) is 3.18. The number of furan rings is 1. The first-order valence-corrected chi connectivity index (χ1v) is 8.75. The first-order valence-electron chi connectivity index (χ1n) is 7.87. The van der Waals surface area contributed by atoms with Gasteiger partial charge in [0.15, 0.2) is 10.8 Å². The minimum Gasteiger partial charge on any atom is -0.462 e. The highest BCUT2D eigenvalue weighted by Crippen LogP contribution is 2.31. The largest absolute Gasteiger partial charge is 0.462 e. The van der Waals surface area contributed by atoms with Crippen molar-refractivity contribution in [2.75, 3.05) is 11.9 Å². The van der Waals surface area contributed by atoms with Gasteiger partial charge >= 0.3 is 0 Å². The fraction of sp³-hybridized carbons (Fsp3) is 0.167. The molecule has 7 heteroatoms. The Hall–Kier alpha value is -2.93. The van der Waals surface area contributed by atoms with Crippen LogP contribution in [0.15, 0.2) is 52.5 Å². The van der Waals surface area contributed by atoms with Crippen LogP contribution in [-0.2, 0) is 4.79 Å². The molecule has 0 fully saturated rings. The lowest BCUT2D eigenvalue weighted by atomic mass is 9.90. The van der Waals surface area contributed by atoms with Crippen molar-refractivity contribution in [2.45, 2.75) is 12.3 Å². The van der Waals surface area contributed by atoms with Crippen molar-refractivity contribution in [1.29, 1.82) is 0 Å². The van der Waals surface area contributed by atoms with E-state index in [0.717, 1.165) is 11.3 Å². The molecule has 1 aromatic carbocycles. The molecular weight excluding hydrogens is 338 g/mol. The number of para-hydroxylation sites is 1. The standard InChI is InChI=1S/C18H15N3O3S/c22-16-8-11(12-4-1-2-5-13(12)20-16)9-19-17(23)14-10-25-18(21-14)15-6-3-7-24-15/h1-7,10-11H,8-9H2,(H,19,23)(H,20,22)/t11-/m1/s1. The van der Waals surface area contributed by atoms with Crippen LogP contribution >= 0.6 is 11.3 Å². The van der Waals surface area contributed by atoms with Gasteiger partial charge in [0.2, 0.25) is 5.91 Å². The Balaban J connectivity index is 1.45. The van der Waals surface area contributed by atoms with Crippen LogP contribution in [0, 0.1) is 0 Å². The molecule has 6 nitrogen and oxygen atoms in total. The van der Waals surface area contributed by atoms with Crippen LogP contribution < -0.4 is 10.6 Å². The predicted molar refractivity (Wildman–Crippen MR) is 94.6 cm³/mol. The number of benzene rings is 1. The summed E-state index contributed by atoms with van der Waals surface area (Å²) in [4.78, 5) is 28.5. The molecule has 25 heavy (non-hydrogen) atoms. The summed E-state index contributed by atoms with van der Waals surface area (Å²) in [6.07, 6.45) is 1.92. The Morgan fingerprint density at radius 2 is 2.20 bits per heavy atom. The average molecular weight is 353 g/mol. The van der Waals surface area contributed by atoms with E-state index in [9.17, 15) is 9.59 Å². The summed E-state index contributed by atoms with van der Waals surface area (Å²) in [6, 6.07) is 11.2. The number of amides is 2. The van der Waals surface area contributed by atoms with Gasteiger partial charge in [-0.25, -0.2) is 4.98 Å². The highest BCUT2D eigenvalue weighted by molar-refractivity contribution is 7.13. The number of nitrogens with one attached hydrogen (secondary N) is 2. The zero-order valence-electron chi connectivity index (χ0n) is 13.2. The monoisotopic (exact) mass is 353 g/mol. The molecule has 2 N–H and O–H groups in total. The maximum absolute atomic E-state index is 12.4. The second kappa shape index (κ2) is 6.52. The van der Waals surface area contributed by atoms with Gasteiger partial charge in [-0.05, 0) is 23.8 Å². The number of hydrogen-bond acceptors (Lipinski definition) is 5. The van der Waals surface area contributed by atoms with Crippen LogP contribution in [0.25, 0.3) is 10.8 Å². The van der Waals surface area contributed by atoms with E-state index in [1.54, 1.807) is 23.8 Å². The zero-order chi connectivity index (χ0) is 17.2. The molecule has 0 spiro atoms. The summed E-state index contributed by atoms with van der Waals surface area (Å²) >= 11 is 1.36. The zero-order valence-corrected chi connectivity index (χ0v) is 14.0. The van der Waals surface area contributed by atoms with Crippen LogP contribution in [-0.4, -0.2) is 23.3 Å². The van der Waals surface area contributed by atoms with Gasteiger partial charge in [0, 0.05) is 30.0 Å². The van der Waals surface area contributed by atoms with Gasteiger partial charge in [0.1, 0.15) is 5.69 Å². The summed E-state index contributed by atoms with van der Waals surface area (Å²) in [5, 5.41) is 8.11. The molecule has 3 aromatic rings. The molecule has 0 radical (unpaired) electrons. The molecule has 1 aliphatic rings. The fourth-order valence-corrected chi connectivity index (χ4v) is 3.65. The van der Waals surface area contributed by atoms with Gasteiger partial charge < -0.3 is 15.1 Å². The SMILES string of the molecule is O=C1C[C@H](CNC(=O)c2csc(-c3ccco3)n2)c2ccccc2N1. The number of nitrogens with zero attached hydrogens (tertiary/aromatic N) is 1. The Morgan fingerprint density at radius 3 is 3.04 bits per heavy atom. The topological polar surface area (TPSA) is 84.2 Å². The van der Waals surface area contributed by atoms with Crippen molar-refractivity contribution < 1.29 is 14.0 Å². The van der Waals surface area contributed by atoms with Crippen molar-refractivity contribution in [3.63, 3.8) is 0 Å². The number of fused-ring (bicyclic) bond motifs is 1. The number of hydrogen-bond donors (Lipinski definition) is 2. The number of carbonyl (C=O) groups excluding carboxylic acids is 2. The first-order chi connectivity index (χ1) is 12.2. The average Bonchev–Trinajstić information content (AvgIpc) is 3.30. The summed E-state index contributed by atoms with van der Waals surface area (Å²) in [5.41, 5.74) is 2.20. The normalized spacial score (nSPS) is 16.2. The summed E-state index contributed by atoms with van der Waals surface area (Å²) in [7, 11) is 0. The fourth-order valence-electron chi connectivity index (χ4n) is 2.88. The minimum absolute atomic E-state index is 0.0355. The van der Waals surface area contributed by atoms with Gasteiger partial charge in [0.05, 0.1) is 6.26 Å². The maximum Gasteiger partial charge on any atom is 0.270 e. The van der Waals surface area contributed by atoms with Crippen molar-refractivity contribution in [2.24, 2.45) is 0 Å². The lowest BCUT2D eigenvalue weighted by Gasteiger charge is -2.25. The molecular formula is C18H15N3O3S. The lowest BCUT2D eigenvalue weighted by Crippen LogP contribution is -2.33. The molecule has 0 saturated heterocycles. The summed E-state index contributed by atoms with van der Waals surface area (Å²) in [6.45, 7) is 0.386. The number of anilines is 1. The number of thiazole rings is 1. The van der Waals surface area contributed by atoms with Crippen LogP contribution in [0.3, 0.4) is 0 Å². The number of aromatic nitrogens is 1. The minimum atomic E-state index is -0.252. The second-order valence-electron chi connectivity index (χ2n) is 5.76. The van der Waals surface area contributed by atoms with Crippen molar-refractivity contribution >= 4 is 28.8 Å². The Bertz CT molecular complexity index is 917. The van der Waals surface area contributed by atoms with Gasteiger partial charge in [-0.3, -0.25) is 9.59 Å². The molecule has 126 valence electrons. The third-order valence-electron chi connectivity index (χ3n) is 4.08. The summed E-state index contributed by atoms with van der Waals surface area (Å²) < 4.78 is 5.29. The molecule has 0 bridgehead atoms. The predicted octanol–water partition coefficient (Wildman–Crippen LogP) is 3.26. The van der Waals surface area contributed by atoms with Gasteiger partial charge in [-0.1, -0.05) is 18.2 Å². The van der Waals surface area contributed by atoms with Gasteiger partial charge in [-0.15, -0.1) is 11.3 Å². The lowest BCUT2D eigenvalue weighted by molar-refractivity contribution is -0.116. The van der Waals surface area contributed by atoms with E-state index in [-0.39, 0.29) is 17.7 Å². The molecule has 0 saturated carbocycles. The van der Waals surface area contributed by atoms with Crippen LogP contribution in [0.5, 0.6) is 0 Å². The summed E-state index contributed by atoms with van der Waals surface area (Å²) in [5.74, 6) is 0.309. The molecule has 4 rings (SSSR count). The molecule has 1 aliphatic heterocycles. The molecule has 0 aliphatic carbocycles. The molecule has 2 aromatic heterocycles.